The summed E-state index contributed by atoms with van der Waals surface area (Å²) in [7, 11) is 0. The number of halogens is 2. The van der Waals surface area contributed by atoms with Crippen molar-refractivity contribution in [2.75, 3.05) is 39.3 Å². The maximum Gasteiger partial charge on any atom is 0.418 e. The zero-order valence-electron chi connectivity index (χ0n) is 34.8. The Kier molecular flexibility index (Phi) is 13.1. The molecule has 2 unspecified atom stereocenters. The van der Waals surface area contributed by atoms with Crippen LogP contribution in [0.3, 0.4) is 0 Å². The van der Waals surface area contributed by atoms with Gasteiger partial charge in [-0.1, -0.05) is 62.4 Å². The molecule has 2 fully saturated rings. The van der Waals surface area contributed by atoms with E-state index in [9.17, 15) is 18.4 Å². The fourth-order valence-corrected chi connectivity index (χ4v) is 9.22. The van der Waals surface area contributed by atoms with Crippen LogP contribution in [0, 0.1) is 11.6 Å². The Morgan fingerprint density at radius 1 is 0.567 bits per heavy atom. The molecule has 2 aromatic heterocycles. The minimum absolute atomic E-state index is 0.203. The normalized spacial score (nSPS) is 16.9. The van der Waals surface area contributed by atoms with E-state index < -0.39 is 24.1 Å². The minimum atomic E-state index is -0.987. The van der Waals surface area contributed by atoms with Gasteiger partial charge in [0, 0.05) is 74.8 Å². The van der Waals surface area contributed by atoms with Gasteiger partial charge in [-0.05, 0) is 133 Å². The number of likely N-dealkylation sites (tertiary alicyclic amines) is 2. The SMILES string of the molecule is CCC(OC(=O)C(=O)OC(CC)c1ccc2ccn(C3CCN(CCc4ccc(F)cc4)CC3)c2c1)c1ccc2ccn(C3CCN(CCc4ccc(F)cc4)CC3)c2c1. The lowest BCUT2D eigenvalue weighted by Gasteiger charge is -2.33. The van der Waals surface area contributed by atoms with Gasteiger partial charge in [0.2, 0.25) is 0 Å². The Morgan fingerprint density at radius 3 is 1.32 bits per heavy atom. The van der Waals surface area contributed by atoms with E-state index >= 15 is 0 Å². The summed E-state index contributed by atoms with van der Waals surface area (Å²) in [6.45, 7) is 9.76. The highest BCUT2D eigenvalue weighted by Crippen LogP contribution is 2.34. The zero-order valence-corrected chi connectivity index (χ0v) is 34.8. The number of carbonyl (C=O) groups is 2. The quantitative estimate of drug-likeness (QED) is 0.0806. The fraction of sp³-hybridized carbons (Fsp3) is 0.400. The van der Waals surface area contributed by atoms with Gasteiger partial charge in [0.1, 0.15) is 23.8 Å². The second-order valence-electron chi connectivity index (χ2n) is 16.6. The monoisotopic (exact) mass is 814 g/mol. The molecular formula is C50H56F2N4O4. The van der Waals surface area contributed by atoms with Crippen molar-refractivity contribution in [2.24, 2.45) is 0 Å². The molecular weight excluding hydrogens is 759 g/mol. The van der Waals surface area contributed by atoms with Crippen LogP contribution in [0.5, 0.6) is 0 Å². The Morgan fingerprint density at radius 2 is 0.950 bits per heavy atom. The number of esters is 2. The highest BCUT2D eigenvalue weighted by Gasteiger charge is 2.28. The van der Waals surface area contributed by atoms with Gasteiger partial charge >= 0.3 is 11.9 Å². The molecule has 4 heterocycles. The van der Waals surface area contributed by atoms with Crippen molar-refractivity contribution in [3.8, 4) is 0 Å². The van der Waals surface area contributed by atoms with E-state index in [0.717, 1.165) is 122 Å². The second kappa shape index (κ2) is 18.9. The summed E-state index contributed by atoms with van der Waals surface area (Å²) in [6, 6.07) is 30.8. The summed E-state index contributed by atoms with van der Waals surface area (Å²) >= 11 is 0. The molecule has 4 aromatic carbocycles. The van der Waals surface area contributed by atoms with Crippen LogP contribution in [-0.2, 0) is 31.9 Å². The number of nitrogens with zero attached hydrogens (tertiary/aromatic N) is 4. The maximum atomic E-state index is 13.3. The standard InChI is InChI=1S/C50H56F2N4O4/c1-3-47(39-11-9-37-19-31-55(45(37)33-39)43-21-27-53(28-22-43)25-17-35-5-13-41(51)14-6-35)59-49(57)50(58)60-48(4-2)40-12-10-38-20-32-56(46(38)34-40)44-23-29-54(30-24-44)26-18-36-7-15-42(52)16-8-36/h5-16,19-20,31-34,43-44,47-48H,3-4,17-18,21-30H2,1-2H3. The first-order valence-corrected chi connectivity index (χ1v) is 21.8. The molecule has 2 aliphatic heterocycles. The van der Waals surface area contributed by atoms with E-state index in [1.807, 2.05) is 50.2 Å². The molecule has 8 rings (SSSR count). The third-order valence-electron chi connectivity index (χ3n) is 12.8. The first-order chi connectivity index (χ1) is 29.2. The number of piperidine rings is 2. The summed E-state index contributed by atoms with van der Waals surface area (Å²) in [5.41, 5.74) is 6.17. The minimum Gasteiger partial charge on any atom is -0.449 e. The molecule has 10 heteroatoms. The summed E-state index contributed by atoms with van der Waals surface area (Å²) in [5, 5.41) is 2.24. The molecule has 0 spiro atoms. The molecule has 314 valence electrons. The average Bonchev–Trinajstić information content (AvgIpc) is 3.91. The van der Waals surface area contributed by atoms with Crippen LogP contribution in [0.15, 0.2) is 109 Å². The van der Waals surface area contributed by atoms with Crippen LogP contribution in [0.4, 0.5) is 8.78 Å². The fourth-order valence-electron chi connectivity index (χ4n) is 9.22. The number of hydrogen-bond acceptors (Lipinski definition) is 6. The topological polar surface area (TPSA) is 68.9 Å². The number of aromatic nitrogens is 2. The van der Waals surface area contributed by atoms with Crippen molar-refractivity contribution in [1.29, 1.82) is 0 Å². The van der Waals surface area contributed by atoms with E-state index in [0.29, 0.717) is 24.9 Å². The third-order valence-corrected chi connectivity index (χ3v) is 12.8. The summed E-state index contributed by atoms with van der Waals surface area (Å²) < 4.78 is 43.1. The summed E-state index contributed by atoms with van der Waals surface area (Å²) in [5.74, 6) is -2.38. The zero-order chi connectivity index (χ0) is 41.6. The first kappa shape index (κ1) is 41.4. The van der Waals surface area contributed by atoms with Gasteiger partial charge in [-0.15, -0.1) is 0 Å². The first-order valence-electron chi connectivity index (χ1n) is 21.8. The van der Waals surface area contributed by atoms with E-state index in [-0.39, 0.29) is 11.6 Å². The van der Waals surface area contributed by atoms with Gasteiger partial charge in [-0.2, -0.15) is 0 Å². The molecule has 8 nitrogen and oxygen atoms in total. The number of fused-ring (bicyclic) bond motifs is 2. The lowest BCUT2D eigenvalue weighted by atomic mass is 10.0. The third kappa shape index (κ3) is 9.66. The van der Waals surface area contributed by atoms with Crippen LogP contribution < -0.4 is 0 Å². The van der Waals surface area contributed by atoms with Crippen LogP contribution in [0.2, 0.25) is 0 Å². The number of carbonyl (C=O) groups excluding carboxylic acids is 2. The van der Waals surface area contributed by atoms with Crippen molar-refractivity contribution in [3.05, 3.63) is 143 Å². The smallest absolute Gasteiger partial charge is 0.418 e. The predicted octanol–water partition coefficient (Wildman–Crippen LogP) is 10.3. The van der Waals surface area contributed by atoms with Gasteiger partial charge in [0.15, 0.2) is 0 Å². The van der Waals surface area contributed by atoms with Crippen molar-refractivity contribution < 1.29 is 27.8 Å². The van der Waals surface area contributed by atoms with E-state index in [1.165, 1.54) is 24.3 Å². The molecule has 6 aromatic rings. The number of hydrogen-bond donors (Lipinski definition) is 0. The predicted molar refractivity (Wildman–Crippen MR) is 232 cm³/mol. The Bertz CT molecular complexity index is 2210. The van der Waals surface area contributed by atoms with Gasteiger partial charge in [-0.25, -0.2) is 18.4 Å². The molecule has 0 amide bonds. The lowest BCUT2D eigenvalue weighted by molar-refractivity contribution is -0.174. The molecule has 0 radical (unpaired) electrons. The molecule has 60 heavy (non-hydrogen) atoms. The van der Waals surface area contributed by atoms with Crippen molar-refractivity contribution >= 4 is 33.7 Å². The largest absolute Gasteiger partial charge is 0.449 e. The molecule has 2 atom stereocenters. The highest BCUT2D eigenvalue weighted by atomic mass is 19.1. The van der Waals surface area contributed by atoms with Crippen LogP contribution >= 0.6 is 0 Å². The van der Waals surface area contributed by atoms with Crippen molar-refractivity contribution in [2.45, 2.75) is 89.5 Å². The Balaban J connectivity index is 0.859. The van der Waals surface area contributed by atoms with Crippen molar-refractivity contribution in [3.63, 3.8) is 0 Å². The van der Waals surface area contributed by atoms with Gasteiger partial charge in [-0.3, -0.25) is 0 Å². The van der Waals surface area contributed by atoms with Crippen LogP contribution in [0.1, 0.15) is 98.9 Å². The average molecular weight is 815 g/mol. The number of rotatable bonds is 14. The van der Waals surface area contributed by atoms with Gasteiger partial charge in [0.25, 0.3) is 0 Å². The van der Waals surface area contributed by atoms with E-state index in [2.05, 4.69) is 67.7 Å². The number of ether oxygens (including phenoxy) is 2. The summed E-state index contributed by atoms with van der Waals surface area (Å²) in [4.78, 5) is 31.6. The van der Waals surface area contributed by atoms with Crippen LogP contribution in [-0.4, -0.2) is 70.1 Å². The van der Waals surface area contributed by atoms with Gasteiger partial charge in [0.05, 0.1) is 0 Å². The van der Waals surface area contributed by atoms with Crippen LogP contribution in [0.25, 0.3) is 21.8 Å². The highest BCUT2D eigenvalue weighted by molar-refractivity contribution is 6.29. The molecule has 2 aliphatic rings. The van der Waals surface area contributed by atoms with Crippen molar-refractivity contribution in [1.82, 2.24) is 18.9 Å². The van der Waals surface area contributed by atoms with Gasteiger partial charge < -0.3 is 28.4 Å². The lowest BCUT2D eigenvalue weighted by Crippen LogP contribution is -2.35. The molecule has 0 bridgehead atoms. The number of benzene rings is 4. The molecule has 0 aliphatic carbocycles. The summed E-state index contributed by atoms with van der Waals surface area (Å²) in [6.07, 6.45) is 10.0. The Hall–Kier alpha value is -5.32. The Labute approximate surface area is 351 Å². The molecule has 0 saturated carbocycles. The molecule has 0 N–H and O–H groups in total. The molecule has 2 saturated heterocycles. The maximum absolute atomic E-state index is 13.3. The second-order valence-corrected chi connectivity index (χ2v) is 16.6. The van der Waals surface area contributed by atoms with E-state index in [1.54, 1.807) is 0 Å². The van der Waals surface area contributed by atoms with E-state index in [4.69, 9.17) is 9.47 Å².